The Morgan fingerprint density at radius 2 is 2.00 bits per heavy atom. The van der Waals surface area contributed by atoms with Crippen LogP contribution in [-0.2, 0) is 17.8 Å². The highest BCUT2D eigenvalue weighted by Crippen LogP contribution is 2.24. The second kappa shape index (κ2) is 8.16. The summed E-state index contributed by atoms with van der Waals surface area (Å²) >= 11 is 4.75. The number of hydrogen-bond donors (Lipinski definition) is 2. The van der Waals surface area contributed by atoms with Gasteiger partial charge < -0.3 is 9.54 Å². The Morgan fingerprint density at radius 3 is 2.58 bits per heavy atom. The number of aryl methyl sites for hydroxylation is 1. The third-order valence-electron chi connectivity index (χ3n) is 3.50. The predicted octanol–water partition coefficient (Wildman–Crippen LogP) is 3.15. The molecule has 1 unspecified atom stereocenters. The molecule has 0 fully saturated rings. The maximum atomic E-state index is 12.5. The van der Waals surface area contributed by atoms with Gasteiger partial charge in [-0.1, -0.05) is 23.7 Å². The maximum Gasteiger partial charge on any atom is 0.250 e. The fraction of sp³-hybridized carbons (Fsp3) is 0.412. The minimum Gasteiger partial charge on any atom is -0.598 e. The van der Waals surface area contributed by atoms with Gasteiger partial charge in [0.1, 0.15) is 4.75 Å². The van der Waals surface area contributed by atoms with E-state index in [-0.39, 0.29) is 16.3 Å². The van der Waals surface area contributed by atoms with E-state index in [1.54, 1.807) is 0 Å². The third-order valence-corrected chi connectivity index (χ3v) is 5.36. The molecule has 0 amide bonds. The van der Waals surface area contributed by atoms with Crippen LogP contribution in [0.25, 0.3) is 0 Å². The van der Waals surface area contributed by atoms with E-state index in [9.17, 15) is 9.35 Å². The summed E-state index contributed by atoms with van der Waals surface area (Å²) in [5.41, 5.74) is 1.54. The summed E-state index contributed by atoms with van der Waals surface area (Å²) in [4.78, 5) is 18.0. The number of halogens is 1. The zero-order chi connectivity index (χ0) is 17.7. The fourth-order valence-electron chi connectivity index (χ4n) is 2.13. The lowest BCUT2D eigenvalue weighted by atomic mass is 10.0. The minimum atomic E-state index is -1.21. The highest BCUT2D eigenvalue weighted by atomic mass is 35.5. The summed E-state index contributed by atoms with van der Waals surface area (Å²) in [6, 6.07) is 8.84. The molecule has 0 aliphatic rings. The smallest absolute Gasteiger partial charge is 0.250 e. The van der Waals surface area contributed by atoms with Crippen LogP contribution in [0.2, 0.25) is 5.02 Å². The SMILES string of the molecule is CC(C)(C)[S+]([O-])N[C@@H](CCc1cc(=O)[nH]cn1)c1ccc(Cl)cc1. The first kappa shape index (κ1) is 19.0. The molecule has 0 aliphatic carbocycles. The first-order valence-electron chi connectivity index (χ1n) is 7.73. The molecule has 1 aromatic carbocycles. The molecule has 2 rings (SSSR count). The Kier molecular flexibility index (Phi) is 6.46. The lowest BCUT2D eigenvalue weighted by Gasteiger charge is -2.28. The molecule has 0 bridgehead atoms. The van der Waals surface area contributed by atoms with E-state index in [1.165, 1.54) is 12.4 Å². The largest absolute Gasteiger partial charge is 0.598 e. The molecule has 0 spiro atoms. The Morgan fingerprint density at radius 1 is 1.33 bits per heavy atom. The number of H-pyrrole nitrogens is 1. The number of hydrogen-bond acceptors (Lipinski definition) is 4. The summed E-state index contributed by atoms with van der Waals surface area (Å²) in [7, 11) is 0. The number of rotatable bonds is 6. The predicted molar refractivity (Wildman–Crippen MR) is 98.4 cm³/mol. The molecule has 2 N–H and O–H groups in total. The Balaban J connectivity index is 2.15. The average molecular weight is 368 g/mol. The standard InChI is InChI=1S/C17H22ClN3O2S/c1-17(2,3)24(23)21-15(12-4-6-13(18)7-5-12)9-8-14-10-16(22)20-11-19-14/h4-7,10-11,15,21H,8-9H2,1-3H3,(H,19,20,22)/t15-,24?/m0/s1. The zero-order valence-corrected chi connectivity index (χ0v) is 15.6. The Labute approximate surface area is 150 Å². The number of nitrogens with zero attached hydrogens (tertiary/aromatic N) is 1. The van der Waals surface area contributed by atoms with Crippen molar-refractivity contribution in [3.8, 4) is 0 Å². The maximum absolute atomic E-state index is 12.5. The van der Waals surface area contributed by atoms with Crippen LogP contribution >= 0.6 is 11.6 Å². The first-order chi connectivity index (χ1) is 11.3. The van der Waals surface area contributed by atoms with Crippen LogP contribution in [0.3, 0.4) is 0 Å². The van der Waals surface area contributed by atoms with Gasteiger partial charge >= 0.3 is 0 Å². The van der Waals surface area contributed by atoms with Gasteiger partial charge in [0.15, 0.2) is 0 Å². The van der Waals surface area contributed by atoms with Gasteiger partial charge in [0.25, 0.3) is 5.56 Å². The molecule has 7 heteroatoms. The molecule has 130 valence electrons. The number of aromatic amines is 1. The van der Waals surface area contributed by atoms with Crippen molar-refractivity contribution in [2.45, 2.75) is 44.4 Å². The van der Waals surface area contributed by atoms with Crippen LogP contribution in [0.1, 0.15) is 44.5 Å². The van der Waals surface area contributed by atoms with Gasteiger partial charge in [0.2, 0.25) is 0 Å². The molecule has 2 atom stereocenters. The first-order valence-corrected chi connectivity index (χ1v) is 9.25. The molecule has 0 saturated heterocycles. The van der Waals surface area contributed by atoms with Crippen molar-refractivity contribution in [2.75, 3.05) is 0 Å². The normalized spacial score (nSPS) is 14.4. The topological polar surface area (TPSA) is 80.8 Å². The van der Waals surface area contributed by atoms with Crippen LogP contribution in [0.15, 0.2) is 41.5 Å². The molecule has 1 heterocycles. The Bertz CT molecular complexity index is 713. The monoisotopic (exact) mass is 367 g/mol. The minimum absolute atomic E-state index is 0.122. The van der Waals surface area contributed by atoms with Crippen LogP contribution in [0.4, 0.5) is 0 Å². The second-order valence-corrected chi connectivity index (χ2v) is 8.98. The lowest BCUT2D eigenvalue weighted by Crippen LogP contribution is -2.41. The molecule has 0 radical (unpaired) electrons. The van der Waals surface area contributed by atoms with Crippen LogP contribution in [-0.4, -0.2) is 19.3 Å². The molecular weight excluding hydrogens is 346 g/mol. The van der Waals surface area contributed by atoms with Crippen LogP contribution in [0.5, 0.6) is 0 Å². The summed E-state index contributed by atoms with van der Waals surface area (Å²) in [6.07, 6.45) is 2.67. The van der Waals surface area contributed by atoms with Gasteiger partial charge in [-0.3, -0.25) is 4.79 Å². The van der Waals surface area contributed by atoms with Crippen LogP contribution in [0, 0.1) is 0 Å². The average Bonchev–Trinajstić information content (AvgIpc) is 2.51. The van der Waals surface area contributed by atoms with Gasteiger partial charge in [-0.2, -0.15) is 0 Å². The van der Waals surface area contributed by atoms with Crippen molar-refractivity contribution in [1.82, 2.24) is 14.7 Å². The van der Waals surface area contributed by atoms with Crippen molar-refractivity contribution >= 4 is 23.0 Å². The molecule has 1 aromatic heterocycles. The third kappa shape index (κ3) is 5.63. The van der Waals surface area contributed by atoms with Crippen molar-refractivity contribution in [2.24, 2.45) is 0 Å². The van der Waals surface area contributed by atoms with Gasteiger partial charge in [-0.25, -0.2) is 4.98 Å². The molecule has 2 aromatic rings. The van der Waals surface area contributed by atoms with E-state index >= 15 is 0 Å². The van der Waals surface area contributed by atoms with Gasteiger partial charge in [0.05, 0.1) is 12.4 Å². The van der Waals surface area contributed by atoms with Gasteiger partial charge in [0, 0.05) is 28.1 Å². The molecular formula is C17H22ClN3O2S. The van der Waals surface area contributed by atoms with E-state index < -0.39 is 11.4 Å². The van der Waals surface area contributed by atoms with E-state index in [0.717, 1.165) is 5.56 Å². The summed E-state index contributed by atoms with van der Waals surface area (Å²) < 4.78 is 15.3. The zero-order valence-electron chi connectivity index (χ0n) is 14.0. The van der Waals surface area contributed by atoms with E-state index in [1.807, 2.05) is 45.0 Å². The lowest BCUT2D eigenvalue weighted by molar-refractivity contribution is 0.510. The fourth-order valence-corrected chi connectivity index (χ4v) is 3.12. The molecule has 24 heavy (non-hydrogen) atoms. The molecule has 0 aliphatic heterocycles. The molecule has 5 nitrogen and oxygen atoms in total. The summed E-state index contributed by atoms with van der Waals surface area (Å²) in [5, 5.41) is 0.658. The van der Waals surface area contributed by atoms with E-state index in [0.29, 0.717) is 23.6 Å². The van der Waals surface area contributed by atoms with Crippen molar-refractivity contribution < 1.29 is 4.55 Å². The number of nitrogens with one attached hydrogen (secondary N) is 2. The van der Waals surface area contributed by atoms with Crippen molar-refractivity contribution in [3.05, 3.63) is 63.3 Å². The van der Waals surface area contributed by atoms with Crippen molar-refractivity contribution in [1.29, 1.82) is 0 Å². The highest BCUT2D eigenvalue weighted by Gasteiger charge is 2.29. The second-order valence-electron chi connectivity index (χ2n) is 6.54. The van der Waals surface area contributed by atoms with Crippen LogP contribution < -0.4 is 10.3 Å². The number of benzene rings is 1. The van der Waals surface area contributed by atoms with Crippen molar-refractivity contribution in [3.63, 3.8) is 0 Å². The van der Waals surface area contributed by atoms with E-state index in [2.05, 4.69) is 14.7 Å². The highest BCUT2D eigenvalue weighted by molar-refractivity contribution is 7.90. The Hall–Kier alpha value is -1.34. The van der Waals surface area contributed by atoms with E-state index in [4.69, 9.17) is 11.6 Å². The van der Waals surface area contributed by atoms with Gasteiger partial charge in [-0.05, 0) is 51.3 Å². The quantitative estimate of drug-likeness (QED) is 0.768. The van der Waals surface area contributed by atoms with Gasteiger partial charge in [-0.15, -0.1) is 4.72 Å². The number of aromatic nitrogens is 2. The molecule has 0 saturated carbocycles. The summed E-state index contributed by atoms with van der Waals surface area (Å²) in [6.45, 7) is 5.77. The summed E-state index contributed by atoms with van der Waals surface area (Å²) in [5.74, 6) is 0.